The van der Waals surface area contributed by atoms with Crippen LogP contribution in [0.15, 0.2) is 47.3 Å². The van der Waals surface area contributed by atoms with E-state index < -0.39 is 0 Å². The molecule has 1 aliphatic heterocycles. The van der Waals surface area contributed by atoms with Crippen LogP contribution in [0.2, 0.25) is 0 Å². The summed E-state index contributed by atoms with van der Waals surface area (Å²) in [6.07, 6.45) is 0. The van der Waals surface area contributed by atoms with E-state index >= 15 is 0 Å². The van der Waals surface area contributed by atoms with Gasteiger partial charge in [-0.3, -0.25) is 9.59 Å². The van der Waals surface area contributed by atoms with E-state index in [4.69, 9.17) is 4.74 Å². The van der Waals surface area contributed by atoms with Crippen LogP contribution in [0.25, 0.3) is 10.9 Å². The summed E-state index contributed by atoms with van der Waals surface area (Å²) in [5.74, 6) is 0.380. The Morgan fingerprint density at radius 1 is 1.07 bits per heavy atom. The summed E-state index contributed by atoms with van der Waals surface area (Å²) < 4.78 is 5.55. The lowest BCUT2D eigenvalue weighted by atomic mass is 10.1. The van der Waals surface area contributed by atoms with Crippen LogP contribution >= 0.6 is 0 Å². The van der Waals surface area contributed by atoms with Crippen molar-refractivity contribution in [1.82, 2.24) is 14.9 Å². The first-order valence-electron chi connectivity index (χ1n) is 10.2. The van der Waals surface area contributed by atoms with Gasteiger partial charge in [0.2, 0.25) is 5.91 Å². The number of hydrogen-bond donors (Lipinski definition) is 1. The zero-order valence-corrected chi connectivity index (χ0v) is 17.4. The number of fused-ring (bicyclic) bond motifs is 1. The van der Waals surface area contributed by atoms with Crippen molar-refractivity contribution in [2.24, 2.45) is 0 Å². The Morgan fingerprint density at radius 3 is 2.63 bits per heavy atom. The average Bonchev–Trinajstić information content (AvgIpc) is 2.76. The maximum absolute atomic E-state index is 12.5. The Labute approximate surface area is 175 Å². The van der Waals surface area contributed by atoms with Gasteiger partial charge in [-0.25, -0.2) is 4.98 Å². The lowest BCUT2D eigenvalue weighted by Crippen LogP contribution is -2.50. The number of nitrogens with one attached hydrogen (secondary N) is 1. The molecular weight excluding hydrogens is 380 g/mol. The Balaban J connectivity index is 1.29. The molecule has 0 unspecified atom stereocenters. The van der Waals surface area contributed by atoms with Gasteiger partial charge < -0.3 is 19.5 Å². The molecule has 30 heavy (non-hydrogen) atoms. The lowest BCUT2D eigenvalue weighted by molar-refractivity contribution is -0.136. The number of aryl methyl sites for hydroxylation is 1. The molecule has 156 valence electrons. The maximum Gasteiger partial charge on any atom is 0.258 e. The second-order valence-electron chi connectivity index (χ2n) is 7.61. The number of benzene rings is 2. The Kier molecular flexibility index (Phi) is 5.81. The number of hydrogen-bond acceptors (Lipinski definition) is 5. The van der Waals surface area contributed by atoms with Crippen molar-refractivity contribution in [2.45, 2.75) is 20.5 Å². The van der Waals surface area contributed by atoms with Crippen LogP contribution in [0.3, 0.4) is 0 Å². The SMILES string of the molecule is Cc1cccc(N2CCN(C(=O)COCc3nc4ccccc4c(=O)[nH]3)CC2)c1C. The number of para-hydroxylation sites is 1. The molecule has 1 amide bonds. The molecule has 0 atom stereocenters. The molecule has 1 fully saturated rings. The number of carbonyl (C=O) groups excluding carboxylic acids is 1. The average molecular weight is 406 g/mol. The Bertz CT molecular complexity index is 1120. The topological polar surface area (TPSA) is 78.5 Å². The molecule has 0 spiro atoms. The van der Waals surface area contributed by atoms with Crippen molar-refractivity contribution in [3.05, 3.63) is 69.8 Å². The minimum absolute atomic E-state index is 0.0278. The van der Waals surface area contributed by atoms with Crippen LogP contribution < -0.4 is 10.5 Å². The molecule has 3 aromatic rings. The molecule has 7 nitrogen and oxygen atoms in total. The predicted molar refractivity (Wildman–Crippen MR) is 117 cm³/mol. The predicted octanol–water partition coefficient (Wildman–Crippen LogP) is 2.41. The van der Waals surface area contributed by atoms with Crippen LogP contribution in [0.1, 0.15) is 17.0 Å². The minimum Gasteiger partial charge on any atom is -0.368 e. The van der Waals surface area contributed by atoms with E-state index in [0.29, 0.717) is 29.8 Å². The molecule has 1 saturated heterocycles. The normalized spacial score (nSPS) is 14.3. The fourth-order valence-corrected chi connectivity index (χ4v) is 3.80. The third-order valence-electron chi connectivity index (χ3n) is 5.68. The molecule has 1 aliphatic rings. The molecular formula is C23H26N4O3. The van der Waals surface area contributed by atoms with Gasteiger partial charge in [-0.2, -0.15) is 0 Å². The fraction of sp³-hybridized carbons (Fsp3) is 0.348. The summed E-state index contributed by atoms with van der Waals surface area (Å²) in [5.41, 5.74) is 4.23. The van der Waals surface area contributed by atoms with Gasteiger partial charge in [0.25, 0.3) is 5.56 Å². The van der Waals surface area contributed by atoms with E-state index in [1.165, 1.54) is 16.8 Å². The van der Waals surface area contributed by atoms with E-state index in [1.54, 1.807) is 18.2 Å². The lowest BCUT2D eigenvalue weighted by Gasteiger charge is -2.37. The third kappa shape index (κ3) is 4.21. The smallest absolute Gasteiger partial charge is 0.258 e. The van der Waals surface area contributed by atoms with Gasteiger partial charge in [0, 0.05) is 31.9 Å². The highest BCUT2D eigenvalue weighted by molar-refractivity contribution is 5.78. The van der Waals surface area contributed by atoms with Gasteiger partial charge in [-0.1, -0.05) is 24.3 Å². The minimum atomic E-state index is -0.201. The highest BCUT2D eigenvalue weighted by Crippen LogP contribution is 2.23. The Morgan fingerprint density at radius 2 is 1.83 bits per heavy atom. The Hall–Kier alpha value is -3.19. The summed E-state index contributed by atoms with van der Waals surface area (Å²) >= 11 is 0. The standard InChI is InChI=1S/C23H26N4O3/c1-16-6-5-9-20(17(16)2)26-10-12-27(13-11-26)22(28)15-30-14-21-24-19-8-4-3-7-18(19)23(29)25-21/h3-9H,10-15H2,1-2H3,(H,24,25,29). The maximum atomic E-state index is 12.5. The van der Waals surface area contributed by atoms with Crippen LogP contribution in [-0.4, -0.2) is 53.6 Å². The van der Waals surface area contributed by atoms with Crippen molar-refractivity contribution < 1.29 is 9.53 Å². The number of anilines is 1. The van der Waals surface area contributed by atoms with Crippen LogP contribution in [0, 0.1) is 13.8 Å². The summed E-state index contributed by atoms with van der Waals surface area (Å²) in [6.45, 7) is 7.26. The summed E-state index contributed by atoms with van der Waals surface area (Å²) in [7, 11) is 0. The molecule has 0 radical (unpaired) electrons. The van der Waals surface area contributed by atoms with Crippen molar-refractivity contribution in [3.8, 4) is 0 Å². The van der Waals surface area contributed by atoms with Gasteiger partial charge in [0.15, 0.2) is 0 Å². The van der Waals surface area contributed by atoms with E-state index in [2.05, 4.69) is 46.9 Å². The van der Waals surface area contributed by atoms with E-state index in [-0.39, 0.29) is 24.7 Å². The number of amides is 1. The third-order valence-corrected chi connectivity index (χ3v) is 5.68. The van der Waals surface area contributed by atoms with Crippen molar-refractivity contribution in [1.29, 1.82) is 0 Å². The van der Waals surface area contributed by atoms with Crippen LogP contribution in [0.5, 0.6) is 0 Å². The second kappa shape index (κ2) is 8.67. The zero-order chi connectivity index (χ0) is 21.1. The van der Waals surface area contributed by atoms with Crippen molar-refractivity contribution >= 4 is 22.5 Å². The van der Waals surface area contributed by atoms with Gasteiger partial charge in [-0.05, 0) is 43.2 Å². The van der Waals surface area contributed by atoms with Gasteiger partial charge >= 0.3 is 0 Å². The van der Waals surface area contributed by atoms with Crippen LogP contribution in [-0.2, 0) is 16.1 Å². The molecule has 7 heteroatoms. The monoisotopic (exact) mass is 406 g/mol. The number of carbonyl (C=O) groups is 1. The number of piperazine rings is 1. The first-order valence-corrected chi connectivity index (χ1v) is 10.2. The summed E-state index contributed by atoms with van der Waals surface area (Å²) in [5, 5.41) is 0.541. The highest BCUT2D eigenvalue weighted by Gasteiger charge is 2.22. The number of rotatable bonds is 5. The second-order valence-corrected chi connectivity index (χ2v) is 7.61. The number of nitrogens with zero attached hydrogens (tertiary/aromatic N) is 3. The molecule has 1 aromatic heterocycles. The largest absolute Gasteiger partial charge is 0.368 e. The molecule has 1 N–H and O–H groups in total. The molecule has 0 saturated carbocycles. The van der Waals surface area contributed by atoms with E-state index in [0.717, 1.165) is 13.1 Å². The van der Waals surface area contributed by atoms with E-state index in [1.807, 2.05) is 11.0 Å². The van der Waals surface area contributed by atoms with Gasteiger partial charge in [0.05, 0.1) is 10.9 Å². The molecule has 2 aromatic carbocycles. The van der Waals surface area contributed by atoms with Gasteiger partial charge in [-0.15, -0.1) is 0 Å². The number of aromatic nitrogens is 2. The number of ether oxygens (including phenoxy) is 1. The highest BCUT2D eigenvalue weighted by atomic mass is 16.5. The summed E-state index contributed by atoms with van der Waals surface area (Å²) in [6, 6.07) is 13.5. The molecule has 2 heterocycles. The molecule has 0 aliphatic carbocycles. The molecule has 4 rings (SSSR count). The van der Waals surface area contributed by atoms with Gasteiger partial charge in [0.1, 0.15) is 19.0 Å². The fourth-order valence-electron chi connectivity index (χ4n) is 3.80. The van der Waals surface area contributed by atoms with E-state index in [9.17, 15) is 9.59 Å². The quantitative estimate of drug-likeness (QED) is 0.704. The first-order chi connectivity index (χ1) is 14.5. The first kappa shape index (κ1) is 20.1. The summed E-state index contributed by atoms with van der Waals surface area (Å²) in [4.78, 5) is 35.9. The number of aromatic amines is 1. The zero-order valence-electron chi connectivity index (χ0n) is 17.4. The van der Waals surface area contributed by atoms with Crippen LogP contribution in [0.4, 0.5) is 5.69 Å². The van der Waals surface area contributed by atoms with Crippen molar-refractivity contribution in [3.63, 3.8) is 0 Å². The van der Waals surface area contributed by atoms with Crippen molar-refractivity contribution in [2.75, 3.05) is 37.7 Å². The number of H-pyrrole nitrogens is 1. The molecule has 0 bridgehead atoms.